The Hall–Kier alpha value is -4.61. The van der Waals surface area contributed by atoms with Crippen LogP contribution in [0.1, 0.15) is 26.4 Å². The van der Waals surface area contributed by atoms with Gasteiger partial charge in [0.05, 0.1) is 47.8 Å². The van der Waals surface area contributed by atoms with Crippen LogP contribution in [-0.4, -0.2) is 47.2 Å². The molecule has 9 nitrogen and oxygen atoms in total. The summed E-state index contributed by atoms with van der Waals surface area (Å²) >= 11 is 0. The summed E-state index contributed by atoms with van der Waals surface area (Å²) in [5.41, 5.74) is 1.48. The minimum absolute atomic E-state index is 0.0916. The van der Waals surface area contributed by atoms with Gasteiger partial charge in [0.1, 0.15) is 17.2 Å². The average molecular weight is 498 g/mol. The fourth-order valence-electron chi connectivity index (χ4n) is 4.12. The highest BCUT2D eigenvalue weighted by Gasteiger charge is 2.41. The topological polar surface area (TPSA) is 95.8 Å². The van der Waals surface area contributed by atoms with Crippen LogP contribution < -0.4 is 19.1 Å². The number of imide groups is 1. The second kappa shape index (κ2) is 8.26. The normalized spacial score (nSPS) is 13.3. The first-order valence-corrected chi connectivity index (χ1v) is 10.5. The first-order valence-electron chi connectivity index (χ1n) is 10.5. The van der Waals surface area contributed by atoms with E-state index < -0.39 is 23.9 Å². The van der Waals surface area contributed by atoms with Gasteiger partial charge in [0.2, 0.25) is 0 Å². The van der Waals surface area contributed by atoms with Crippen molar-refractivity contribution in [3.8, 4) is 22.9 Å². The maximum atomic E-state index is 13.6. The molecular weight excluding hydrogens is 481 g/mol. The molecule has 36 heavy (non-hydrogen) atoms. The van der Waals surface area contributed by atoms with Crippen molar-refractivity contribution in [2.75, 3.05) is 19.1 Å². The molecule has 12 heteroatoms. The SMILES string of the molecule is COc1ccc(OC)c(N2C(=O)c3cnc4c(c(C)nn4-c4ccc(OC(F)(F)F)cc4)c3C2=O)c1. The number of anilines is 1. The smallest absolute Gasteiger partial charge is 0.497 e. The van der Waals surface area contributed by atoms with Crippen molar-refractivity contribution in [3.05, 3.63) is 65.5 Å². The third kappa shape index (κ3) is 3.67. The van der Waals surface area contributed by atoms with E-state index in [1.807, 2.05) is 0 Å². The molecule has 0 unspecified atom stereocenters. The number of hydrogen-bond donors (Lipinski definition) is 0. The molecule has 2 aromatic carbocycles. The zero-order valence-corrected chi connectivity index (χ0v) is 19.1. The quantitative estimate of drug-likeness (QED) is 0.375. The highest BCUT2D eigenvalue weighted by molar-refractivity contribution is 6.37. The Morgan fingerprint density at radius 3 is 2.25 bits per heavy atom. The number of alkyl halides is 3. The number of ether oxygens (including phenoxy) is 3. The van der Waals surface area contributed by atoms with Crippen molar-refractivity contribution in [3.63, 3.8) is 0 Å². The van der Waals surface area contributed by atoms with Gasteiger partial charge in [0.25, 0.3) is 11.8 Å². The van der Waals surface area contributed by atoms with Crippen molar-refractivity contribution in [1.82, 2.24) is 14.8 Å². The summed E-state index contributed by atoms with van der Waals surface area (Å²) in [7, 11) is 2.88. The number of carbonyl (C=O) groups excluding carboxylic acids is 2. The molecule has 2 aromatic heterocycles. The Labute approximate surface area is 201 Å². The van der Waals surface area contributed by atoms with Gasteiger partial charge in [-0.1, -0.05) is 0 Å². The van der Waals surface area contributed by atoms with Gasteiger partial charge in [-0.15, -0.1) is 13.2 Å². The number of aryl methyl sites for hydroxylation is 1. The third-order valence-corrected chi connectivity index (χ3v) is 5.66. The van der Waals surface area contributed by atoms with E-state index in [4.69, 9.17) is 9.47 Å². The molecular formula is C24H17F3N4O5. The fourth-order valence-corrected chi connectivity index (χ4v) is 4.12. The number of halogens is 3. The highest BCUT2D eigenvalue weighted by atomic mass is 19.4. The standard InChI is InChI=1S/C24H17F3N4O5/c1-12-19-20-16(22(32)30(23(20)33)17-10-15(34-2)8-9-18(17)35-3)11-28-21(19)31(29-12)13-4-6-14(7-5-13)36-24(25,26)27/h4-11H,1-3H3. The lowest BCUT2D eigenvalue weighted by molar-refractivity contribution is -0.274. The predicted octanol–water partition coefficient (Wildman–Crippen LogP) is 4.45. The van der Waals surface area contributed by atoms with Gasteiger partial charge in [0.15, 0.2) is 5.65 Å². The zero-order valence-electron chi connectivity index (χ0n) is 19.1. The van der Waals surface area contributed by atoms with Crippen molar-refractivity contribution >= 4 is 28.5 Å². The number of hydrogen-bond acceptors (Lipinski definition) is 7. The molecule has 1 aliphatic heterocycles. The Balaban J connectivity index is 1.61. The number of fused-ring (bicyclic) bond motifs is 3. The first kappa shape index (κ1) is 23.1. The molecule has 3 heterocycles. The lowest BCUT2D eigenvalue weighted by Crippen LogP contribution is -2.29. The van der Waals surface area contributed by atoms with E-state index in [1.54, 1.807) is 19.1 Å². The van der Waals surface area contributed by atoms with Gasteiger partial charge in [-0.3, -0.25) is 9.59 Å². The monoisotopic (exact) mass is 498 g/mol. The Kier molecular flexibility index (Phi) is 5.31. The van der Waals surface area contributed by atoms with Gasteiger partial charge >= 0.3 is 6.36 Å². The zero-order chi connectivity index (χ0) is 25.8. The number of pyridine rings is 1. The number of benzene rings is 2. The molecule has 5 rings (SSSR count). The molecule has 4 aromatic rings. The summed E-state index contributed by atoms with van der Waals surface area (Å²) in [5.74, 6) is -0.852. The molecule has 0 fully saturated rings. The number of methoxy groups -OCH3 is 2. The van der Waals surface area contributed by atoms with Crippen LogP contribution in [0.5, 0.6) is 17.2 Å². The summed E-state index contributed by atoms with van der Waals surface area (Å²) in [4.78, 5) is 32.2. The van der Waals surface area contributed by atoms with Crippen LogP contribution in [0.4, 0.5) is 18.9 Å². The minimum Gasteiger partial charge on any atom is -0.497 e. The lowest BCUT2D eigenvalue weighted by Gasteiger charge is -2.18. The number of aromatic nitrogens is 3. The summed E-state index contributed by atoms with van der Waals surface area (Å²) in [6.45, 7) is 1.65. The molecule has 0 spiro atoms. The predicted molar refractivity (Wildman–Crippen MR) is 121 cm³/mol. The molecule has 0 saturated carbocycles. The van der Waals surface area contributed by atoms with Crippen LogP contribution in [-0.2, 0) is 0 Å². The number of carbonyl (C=O) groups is 2. The Bertz CT molecular complexity index is 1530. The first-order chi connectivity index (χ1) is 17.1. The summed E-state index contributed by atoms with van der Waals surface area (Å²) < 4.78 is 53.3. The van der Waals surface area contributed by atoms with E-state index in [1.165, 1.54) is 43.3 Å². The number of amides is 2. The van der Waals surface area contributed by atoms with E-state index in [2.05, 4.69) is 14.8 Å². The summed E-state index contributed by atoms with van der Waals surface area (Å²) in [5, 5.41) is 4.78. The van der Waals surface area contributed by atoms with Gasteiger partial charge in [-0.2, -0.15) is 5.10 Å². The minimum atomic E-state index is -4.82. The second-order valence-corrected chi connectivity index (χ2v) is 7.77. The molecule has 0 atom stereocenters. The van der Waals surface area contributed by atoms with Crippen LogP contribution in [0.25, 0.3) is 16.7 Å². The van der Waals surface area contributed by atoms with Crippen LogP contribution in [0.15, 0.2) is 48.7 Å². The van der Waals surface area contributed by atoms with Gasteiger partial charge in [-0.05, 0) is 43.3 Å². The Morgan fingerprint density at radius 2 is 1.61 bits per heavy atom. The fraction of sp³-hybridized carbons (Fsp3) is 0.167. The van der Waals surface area contributed by atoms with E-state index in [0.717, 1.165) is 17.0 Å². The molecule has 1 aliphatic rings. The van der Waals surface area contributed by atoms with E-state index in [-0.39, 0.29) is 22.5 Å². The number of nitrogens with zero attached hydrogens (tertiary/aromatic N) is 4. The van der Waals surface area contributed by atoms with Crippen LogP contribution >= 0.6 is 0 Å². The van der Waals surface area contributed by atoms with Crippen molar-refractivity contribution in [2.24, 2.45) is 0 Å². The largest absolute Gasteiger partial charge is 0.573 e. The maximum Gasteiger partial charge on any atom is 0.573 e. The van der Waals surface area contributed by atoms with E-state index in [0.29, 0.717) is 28.3 Å². The van der Waals surface area contributed by atoms with E-state index >= 15 is 0 Å². The molecule has 0 radical (unpaired) electrons. The van der Waals surface area contributed by atoms with Crippen LogP contribution in [0.2, 0.25) is 0 Å². The van der Waals surface area contributed by atoms with Crippen LogP contribution in [0.3, 0.4) is 0 Å². The van der Waals surface area contributed by atoms with Gasteiger partial charge < -0.3 is 14.2 Å². The number of rotatable bonds is 5. The van der Waals surface area contributed by atoms with Crippen LogP contribution in [0, 0.1) is 6.92 Å². The highest BCUT2D eigenvalue weighted by Crippen LogP contribution is 2.39. The molecule has 0 saturated heterocycles. The average Bonchev–Trinajstić information content (AvgIpc) is 3.31. The molecule has 0 aliphatic carbocycles. The summed E-state index contributed by atoms with van der Waals surface area (Å²) in [6, 6.07) is 9.78. The second-order valence-electron chi connectivity index (χ2n) is 7.77. The van der Waals surface area contributed by atoms with Crippen molar-refractivity contribution in [2.45, 2.75) is 13.3 Å². The Morgan fingerprint density at radius 1 is 0.917 bits per heavy atom. The maximum absolute atomic E-state index is 13.6. The molecule has 2 amide bonds. The third-order valence-electron chi connectivity index (χ3n) is 5.66. The summed E-state index contributed by atoms with van der Waals surface area (Å²) in [6.07, 6.45) is -3.54. The van der Waals surface area contributed by atoms with E-state index in [9.17, 15) is 22.8 Å². The van der Waals surface area contributed by atoms with Gasteiger partial charge in [0, 0.05) is 12.3 Å². The lowest BCUT2D eigenvalue weighted by atomic mass is 10.1. The van der Waals surface area contributed by atoms with Gasteiger partial charge in [-0.25, -0.2) is 14.6 Å². The molecule has 0 bridgehead atoms. The molecule has 0 N–H and O–H groups in total. The molecule has 184 valence electrons. The van der Waals surface area contributed by atoms with Crippen molar-refractivity contribution < 1.29 is 37.0 Å². The van der Waals surface area contributed by atoms with Crippen molar-refractivity contribution in [1.29, 1.82) is 0 Å².